The fourth-order valence-electron chi connectivity index (χ4n) is 3.06. The Balaban J connectivity index is 1.68. The number of H-pyrrole nitrogens is 1. The van der Waals surface area contributed by atoms with Crippen LogP contribution in [0.3, 0.4) is 0 Å². The highest BCUT2D eigenvalue weighted by Gasteiger charge is 2.16. The number of aliphatic hydroxyl groups is 1. The Labute approximate surface area is 141 Å². The van der Waals surface area contributed by atoms with Gasteiger partial charge in [-0.3, -0.25) is 4.79 Å². The predicted molar refractivity (Wildman–Crippen MR) is 95.9 cm³/mol. The molecule has 4 nitrogen and oxygen atoms in total. The lowest BCUT2D eigenvalue weighted by molar-refractivity contribution is -0.121. The molecule has 124 valence electrons. The van der Waals surface area contributed by atoms with Crippen molar-refractivity contribution in [2.24, 2.45) is 0 Å². The number of carbonyl (C=O) groups is 1. The van der Waals surface area contributed by atoms with Crippen LogP contribution in [0.1, 0.15) is 16.8 Å². The van der Waals surface area contributed by atoms with Crippen LogP contribution in [0.4, 0.5) is 0 Å². The van der Waals surface area contributed by atoms with E-state index in [1.54, 1.807) is 0 Å². The van der Waals surface area contributed by atoms with Crippen molar-refractivity contribution >= 4 is 16.8 Å². The fraction of sp³-hybridized carbons (Fsp3) is 0.250. The zero-order chi connectivity index (χ0) is 16.9. The molecule has 0 bridgehead atoms. The maximum absolute atomic E-state index is 12.4. The third kappa shape index (κ3) is 3.66. The largest absolute Gasteiger partial charge is 0.394 e. The number of hydrogen-bond donors (Lipinski definition) is 3. The molecule has 0 aliphatic heterocycles. The Hall–Kier alpha value is -2.59. The van der Waals surface area contributed by atoms with E-state index >= 15 is 0 Å². The predicted octanol–water partition coefficient (Wildman–Crippen LogP) is 2.74. The number of benzene rings is 2. The number of rotatable bonds is 6. The van der Waals surface area contributed by atoms with Crippen LogP contribution < -0.4 is 5.32 Å². The van der Waals surface area contributed by atoms with Crippen LogP contribution >= 0.6 is 0 Å². The summed E-state index contributed by atoms with van der Waals surface area (Å²) in [5, 5.41) is 13.6. The zero-order valence-electron chi connectivity index (χ0n) is 13.8. The molecule has 0 fully saturated rings. The number of aliphatic hydroxyl groups excluding tert-OH is 1. The third-order valence-electron chi connectivity index (χ3n) is 4.27. The molecule has 1 heterocycles. The Morgan fingerprint density at radius 2 is 1.83 bits per heavy atom. The van der Waals surface area contributed by atoms with Crippen LogP contribution in [0.25, 0.3) is 10.9 Å². The molecule has 1 aromatic heterocycles. The average Bonchev–Trinajstić information content (AvgIpc) is 2.91. The van der Waals surface area contributed by atoms with Crippen LogP contribution in [0, 0.1) is 6.92 Å². The Bertz CT molecular complexity index is 824. The number of aryl methyl sites for hydroxylation is 1. The third-order valence-corrected chi connectivity index (χ3v) is 4.27. The summed E-state index contributed by atoms with van der Waals surface area (Å²) in [4.78, 5) is 15.7. The highest BCUT2D eigenvalue weighted by atomic mass is 16.3. The molecule has 3 N–H and O–H groups in total. The van der Waals surface area contributed by atoms with Gasteiger partial charge in [0.1, 0.15) is 0 Å². The van der Waals surface area contributed by atoms with Crippen LogP contribution in [0.2, 0.25) is 0 Å². The number of carbonyl (C=O) groups excluding carboxylic acids is 1. The monoisotopic (exact) mass is 322 g/mol. The summed E-state index contributed by atoms with van der Waals surface area (Å²) in [5.74, 6) is -0.0714. The molecular weight excluding hydrogens is 300 g/mol. The molecule has 4 heteroatoms. The summed E-state index contributed by atoms with van der Waals surface area (Å²) in [7, 11) is 0. The molecule has 0 spiro atoms. The summed E-state index contributed by atoms with van der Waals surface area (Å²) in [6, 6.07) is 17.6. The molecule has 1 unspecified atom stereocenters. The first-order valence-electron chi connectivity index (χ1n) is 8.17. The summed E-state index contributed by atoms with van der Waals surface area (Å²) < 4.78 is 0. The van der Waals surface area contributed by atoms with Crippen molar-refractivity contribution in [2.75, 3.05) is 6.61 Å². The minimum Gasteiger partial charge on any atom is -0.394 e. The number of fused-ring (bicyclic) bond motifs is 1. The second kappa shape index (κ2) is 7.32. The first kappa shape index (κ1) is 16.3. The van der Waals surface area contributed by atoms with Gasteiger partial charge >= 0.3 is 0 Å². The highest BCUT2D eigenvalue weighted by Crippen LogP contribution is 2.22. The first-order chi connectivity index (χ1) is 11.7. The summed E-state index contributed by atoms with van der Waals surface area (Å²) in [6.07, 6.45) is 0.928. The second-order valence-corrected chi connectivity index (χ2v) is 6.09. The molecule has 3 rings (SSSR count). The van der Waals surface area contributed by atoms with E-state index in [-0.39, 0.29) is 18.6 Å². The van der Waals surface area contributed by atoms with Gasteiger partial charge in [0, 0.05) is 16.6 Å². The van der Waals surface area contributed by atoms with E-state index < -0.39 is 0 Å². The Kier molecular flexibility index (Phi) is 4.96. The lowest BCUT2D eigenvalue weighted by Gasteiger charge is -2.16. The average molecular weight is 322 g/mol. The van der Waals surface area contributed by atoms with Gasteiger partial charge in [-0.2, -0.15) is 0 Å². The molecule has 1 atom stereocenters. The number of nitrogens with one attached hydrogen (secondary N) is 2. The van der Waals surface area contributed by atoms with Gasteiger partial charge in [-0.15, -0.1) is 0 Å². The molecule has 0 saturated carbocycles. The molecular formula is C20H22N2O2. The van der Waals surface area contributed by atoms with E-state index in [4.69, 9.17) is 0 Å². The maximum atomic E-state index is 12.4. The van der Waals surface area contributed by atoms with Crippen molar-refractivity contribution in [2.45, 2.75) is 25.8 Å². The normalized spacial score (nSPS) is 12.2. The molecule has 0 saturated heterocycles. The maximum Gasteiger partial charge on any atom is 0.224 e. The first-order valence-corrected chi connectivity index (χ1v) is 8.17. The van der Waals surface area contributed by atoms with E-state index in [0.717, 1.165) is 27.7 Å². The molecule has 2 aromatic carbocycles. The van der Waals surface area contributed by atoms with E-state index in [2.05, 4.69) is 10.3 Å². The summed E-state index contributed by atoms with van der Waals surface area (Å²) >= 11 is 0. The van der Waals surface area contributed by atoms with E-state index in [9.17, 15) is 9.90 Å². The van der Waals surface area contributed by atoms with Gasteiger partial charge in [0.25, 0.3) is 0 Å². The quantitative estimate of drug-likeness (QED) is 0.653. The minimum atomic E-state index is -0.273. The van der Waals surface area contributed by atoms with Gasteiger partial charge in [0.15, 0.2) is 0 Å². The van der Waals surface area contributed by atoms with Gasteiger partial charge in [0.05, 0.1) is 19.1 Å². The van der Waals surface area contributed by atoms with Crippen LogP contribution in [-0.4, -0.2) is 28.6 Å². The highest BCUT2D eigenvalue weighted by molar-refractivity contribution is 5.90. The van der Waals surface area contributed by atoms with E-state index in [0.29, 0.717) is 12.8 Å². The van der Waals surface area contributed by atoms with Crippen molar-refractivity contribution in [1.82, 2.24) is 10.3 Å². The van der Waals surface area contributed by atoms with Crippen molar-refractivity contribution in [3.05, 3.63) is 71.4 Å². The molecule has 0 radical (unpaired) electrons. The molecule has 24 heavy (non-hydrogen) atoms. The minimum absolute atomic E-state index is 0.0714. The summed E-state index contributed by atoms with van der Waals surface area (Å²) in [5.41, 5.74) is 4.16. The van der Waals surface area contributed by atoms with Gasteiger partial charge < -0.3 is 15.4 Å². The SMILES string of the molecule is Cc1[nH]c2ccccc2c1CC(=O)NC(CO)Cc1ccccc1. The molecule has 3 aromatic rings. The van der Waals surface area contributed by atoms with Gasteiger partial charge in [-0.05, 0) is 30.5 Å². The molecule has 1 amide bonds. The summed E-state index contributed by atoms with van der Waals surface area (Å²) in [6.45, 7) is 1.91. The number of aromatic nitrogens is 1. The standard InChI is InChI=1S/C20H22N2O2/c1-14-18(17-9-5-6-10-19(17)21-14)12-20(24)22-16(13-23)11-15-7-3-2-4-8-15/h2-10,16,21,23H,11-13H2,1H3,(H,22,24). The second-order valence-electron chi connectivity index (χ2n) is 6.09. The number of para-hydroxylation sites is 1. The number of amides is 1. The smallest absolute Gasteiger partial charge is 0.224 e. The topological polar surface area (TPSA) is 65.1 Å². The van der Waals surface area contributed by atoms with Crippen LogP contribution in [0.15, 0.2) is 54.6 Å². The van der Waals surface area contributed by atoms with Crippen LogP contribution in [0.5, 0.6) is 0 Å². The van der Waals surface area contributed by atoms with Gasteiger partial charge in [-0.25, -0.2) is 0 Å². The van der Waals surface area contributed by atoms with Crippen molar-refractivity contribution in [3.8, 4) is 0 Å². The molecule has 0 aliphatic carbocycles. The lowest BCUT2D eigenvalue weighted by atomic mass is 10.0. The van der Waals surface area contributed by atoms with Crippen molar-refractivity contribution < 1.29 is 9.90 Å². The van der Waals surface area contributed by atoms with Gasteiger partial charge in [0.2, 0.25) is 5.91 Å². The van der Waals surface area contributed by atoms with Gasteiger partial charge in [-0.1, -0.05) is 48.5 Å². The Morgan fingerprint density at radius 1 is 1.12 bits per heavy atom. The molecule has 0 aliphatic rings. The van der Waals surface area contributed by atoms with E-state index in [1.807, 2.05) is 61.5 Å². The fourth-order valence-corrected chi connectivity index (χ4v) is 3.06. The van der Waals surface area contributed by atoms with E-state index in [1.165, 1.54) is 0 Å². The lowest BCUT2D eigenvalue weighted by Crippen LogP contribution is -2.39. The van der Waals surface area contributed by atoms with Crippen molar-refractivity contribution in [3.63, 3.8) is 0 Å². The zero-order valence-corrected chi connectivity index (χ0v) is 13.8. The van der Waals surface area contributed by atoms with Crippen LogP contribution in [-0.2, 0) is 17.6 Å². The Morgan fingerprint density at radius 3 is 2.58 bits per heavy atom. The van der Waals surface area contributed by atoms with Crippen molar-refractivity contribution in [1.29, 1.82) is 0 Å². The number of aromatic amines is 1. The number of hydrogen-bond acceptors (Lipinski definition) is 2.